The van der Waals surface area contributed by atoms with Crippen LogP contribution in [0.2, 0.25) is 0 Å². The van der Waals surface area contributed by atoms with Gasteiger partial charge in [0, 0.05) is 17.8 Å². The minimum atomic E-state index is -0.773. The van der Waals surface area contributed by atoms with E-state index in [-0.39, 0.29) is 18.5 Å². The fraction of sp³-hybridized carbons (Fsp3) is 0.643. The number of aliphatic carboxylic acids is 1. The standard InChI is InChI=1S/C14H23N3O3S/c1-9-13(21-11(3)16-9)10(2)17-14(20)15-8-6-4-5-7-12(18)19/h10H,4-8H2,1-3H3,(H,18,19)(H2,15,17,20). The first-order chi connectivity index (χ1) is 9.90. The van der Waals surface area contributed by atoms with Crippen LogP contribution in [0.3, 0.4) is 0 Å². The van der Waals surface area contributed by atoms with Crippen LogP contribution < -0.4 is 10.6 Å². The number of carboxylic acid groups (broad SMARTS) is 1. The van der Waals surface area contributed by atoms with Gasteiger partial charge in [-0.25, -0.2) is 9.78 Å². The van der Waals surface area contributed by atoms with Crippen molar-refractivity contribution in [2.45, 2.75) is 52.5 Å². The molecule has 0 aliphatic carbocycles. The van der Waals surface area contributed by atoms with Gasteiger partial charge in [-0.15, -0.1) is 11.3 Å². The topological polar surface area (TPSA) is 91.3 Å². The second-order valence-electron chi connectivity index (χ2n) is 5.01. The van der Waals surface area contributed by atoms with E-state index in [0.29, 0.717) is 13.0 Å². The van der Waals surface area contributed by atoms with Gasteiger partial charge in [-0.2, -0.15) is 0 Å². The molecule has 0 aliphatic heterocycles. The Hall–Kier alpha value is -1.63. The summed E-state index contributed by atoms with van der Waals surface area (Å²) in [6.07, 6.45) is 2.42. The molecule has 1 rings (SSSR count). The molecule has 118 valence electrons. The average molecular weight is 313 g/mol. The van der Waals surface area contributed by atoms with Crippen molar-refractivity contribution < 1.29 is 14.7 Å². The molecule has 0 bridgehead atoms. The molecule has 1 heterocycles. The second kappa shape index (κ2) is 8.61. The molecule has 2 amide bonds. The Morgan fingerprint density at radius 1 is 1.29 bits per heavy atom. The number of nitrogens with one attached hydrogen (secondary N) is 2. The van der Waals surface area contributed by atoms with Gasteiger partial charge in [0.1, 0.15) is 0 Å². The molecule has 3 N–H and O–H groups in total. The van der Waals surface area contributed by atoms with Crippen LogP contribution in [0.15, 0.2) is 0 Å². The number of hydrogen-bond acceptors (Lipinski definition) is 4. The minimum Gasteiger partial charge on any atom is -0.481 e. The van der Waals surface area contributed by atoms with Crippen LogP contribution in [0.4, 0.5) is 4.79 Å². The predicted octanol–water partition coefficient (Wildman–Crippen LogP) is 2.77. The number of carboxylic acids is 1. The first kappa shape index (κ1) is 17.4. The lowest BCUT2D eigenvalue weighted by molar-refractivity contribution is -0.137. The lowest BCUT2D eigenvalue weighted by Crippen LogP contribution is -2.37. The molecule has 0 aromatic carbocycles. The fourth-order valence-corrected chi connectivity index (χ4v) is 2.97. The van der Waals surface area contributed by atoms with Crippen molar-refractivity contribution >= 4 is 23.3 Å². The molecule has 7 heteroatoms. The maximum absolute atomic E-state index is 11.8. The van der Waals surface area contributed by atoms with Crippen LogP contribution in [0.5, 0.6) is 0 Å². The fourth-order valence-electron chi connectivity index (χ4n) is 2.04. The Kier molecular flexibility index (Phi) is 7.14. The Balaban J connectivity index is 2.21. The number of aromatic nitrogens is 1. The summed E-state index contributed by atoms with van der Waals surface area (Å²) in [5.74, 6) is -0.773. The van der Waals surface area contributed by atoms with Crippen LogP contribution in [0.1, 0.15) is 54.2 Å². The molecule has 21 heavy (non-hydrogen) atoms. The van der Waals surface area contributed by atoms with Gasteiger partial charge >= 0.3 is 12.0 Å². The van der Waals surface area contributed by atoms with Crippen molar-refractivity contribution in [2.75, 3.05) is 6.54 Å². The molecule has 1 atom stereocenters. The monoisotopic (exact) mass is 313 g/mol. The molecular formula is C14H23N3O3S. The zero-order chi connectivity index (χ0) is 15.8. The van der Waals surface area contributed by atoms with E-state index in [1.54, 1.807) is 11.3 Å². The van der Waals surface area contributed by atoms with E-state index in [4.69, 9.17) is 5.11 Å². The number of carbonyl (C=O) groups is 2. The maximum atomic E-state index is 11.8. The van der Waals surface area contributed by atoms with Crippen molar-refractivity contribution in [3.8, 4) is 0 Å². The number of unbranched alkanes of at least 4 members (excludes halogenated alkanes) is 2. The van der Waals surface area contributed by atoms with Crippen molar-refractivity contribution in [1.82, 2.24) is 15.6 Å². The Bertz CT molecular complexity index is 488. The highest BCUT2D eigenvalue weighted by atomic mass is 32.1. The van der Waals surface area contributed by atoms with Gasteiger partial charge in [0.25, 0.3) is 0 Å². The van der Waals surface area contributed by atoms with Crippen molar-refractivity contribution in [1.29, 1.82) is 0 Å². The summed E-state index contributed by atoms with van der Waals surface area (Å²) >= 11 is 1.59. The van der Waals surface area contributed by atoms with E-state index in [2.05, 4.69) is 15.6 Å². The van der Waals surface area contributed by atoms with Crippen molar-refractivity contribution in [3.05, 3.63) is 15.6 Å². The first-order valence-electron chi connectivity index (χ1n) is 7.10. The highest BCUT2D eigenvalue weighted by Crippen LogP contribution is 2.24. The Labute approximate surface area is 129 Å². The van der Waals surface area contributed by atoms with E-state index >= 15 is 0 Å². The first-order valence-corrected chi connectivity index (χ1v) is 7.92. The van der Waals surface area contributed by atoms with Crippen LogP contribution >= 0.6 is 11.3 Å². The van der Waals surface area contributed by atoms with E-state index in [1.807, 2.05) is 20.8 Å². The number of aryl methyl sites for hydroxylation is 2. The molecular weight excluding hydrogens is 290 g/mol. The normalized spacial score (nSPS) is 12.0. The van der Waals surface area contributed by atoms with Crippen LogP contribution in [0, 0.1) is 13.8 Å². The maximum Gasteiger partial charge on any atom is 0.315 e. The number of nitrogens with zero attached hydrogens (tertiary/aromatic N) is 1. The van der Waals surface area contributed by atoms with Crippen LogP contribution in [-0.4, -0.2) is 28.6 Å². The summed E-state index contributed by atoms with van der Waals surface area (Å²) < 4.78 is 0. The van der Waals surface area contributed by atoms with Gasteiger partial charge in [0.15, 0.2) is 0 Å². The summed E-state index contributed by atoms with van der Waals surface area (Å²) in [4.78, 5) is 27.5. The highest BCUT2D eigenvalue weighted by molar-refractivity contribution is 7.11. The SMILES string of the molecule is Cc1nc(C)c(C(C)NC(=O)NCCCCCC(=O)O)s1. The molecule has 0 aliphatic rings. The number of urea groups is 1. The van der Waals surface area contributed by atoms with Gasteiger partial charge < -0.3 is 15.7 Å². The third-order valence-corrected chi connectivity index (χ3v) is 4.29. The summed E-state index contributed by atoms with van der Waals surface area (Å²) in [6.45, 7) is 6.38. The molecule has 0 saturated heterocycles. The highest BCUT2D eigenvalue weighted by Gasteiger charge is 2.14. The number of amides is 2. The average Bonchev–Trinajstić information content (AvgIpc) is 2.72. The number of hydrogen-bond donors (Lipinski definition) is 3. The van der Waals surface area contributed by atoms with Crippen LogP contribution in [-0.2, 0) is 4.79 Å². The Morgan fingerprint density at radius 2 is 2.00 bits per heavy atom. The molecule has 1 unspecified atom stereocenters. The summed E-state index contributed by atoms with van der Waals surface area (Å²) in [6, 6.07) is -0.269. The molecule has 6 nitrogen and oxygen atoms in total. The van der Waals surface area contributed by atoms with Gasteiger partial charge in [0.2, 0.25) is 0 Å². The van der Waals surface area contributed by atoms with E-state index in [1.165, 1.54) is 0 Å². The number of carbonyl (C=O) groups excluding carboxylic acids is 1. The van der Waals surface area contributed by atoms with Crippen molar-refractivity contribution in [3.63, 3.8) is 0 Å². The number of rotatable bonds is 8. The lowest BCUT2D eigenvalue weighted by atomic mass is 10.2. The Morgan fingerprint density at radius 3 is 2.57 bits per heavy atom. The quantitative estimate of drug-likeness (QED) is 0.644. The third kappa shape index (κ3) is 6.57. The molecule has 0 saturated carbocycles. The van der Waals surface area contributed by atoms with E-state index in [0.717, 1.165) is 28.4 Å². The van der Waals surface area contributed by atoms with Gasteiger partial charge in [0.05, 0.1) is 16.7 Å². The predicted molar refractivity (Wildman–Crippen MR) is 82.6 cm³/mol. The van der Waals surface area contributed by atoms with E-state index < -0.39 is 5.97 Å². The molecule has 1 aromatic heterocycles. The molecule has 0 radical (unpaired) electrons. The van der Waals surface area contributed by atoms with Crippen molar-refractivity contribution in [2.24, 2.45) is 0 Å². The van der Waals surface area contributed by atoms with Gasteiger partial charge in [-0.1, -0.05) is 6.42 Å². The van der Waals surface area contributed by atoms with Gasteiger partial charge in [-0.05, 0) is 33.6 Å². The summed E-state index contributed by atoms with van der Waals surface area (Å²) in [5.41, 5.74) is 0.957. The summed E-state index contributed by atoms with van der Waals surface area (Å²) in [7, 11) is 0. The number of thiazole rings is 1. The second-order valence-corrected chi connectivity index (χ2v) is 6.24. The van der Waals surface area contributed by atoms with E-state index in [9.17, 15) is 9.59 Å². The summed E-state index contributed by atoms with van der Waals surface area (Å²) in [5, 5.41) is 15.2. The smallest absolute Gasteiger partial charge is 0.315 e. The van der Waals surface area contributed by atoms with Crippen LogP contribution in [0.25, 0.3) is 0 Å². The largest absolute Gasteiger partial charge is 0.481 e. The zero-order valence-electron chi connectivity index (χ0n) is 12.7. The zero-order valence-corrected chi connectivity index (χ0v) is 13.5. The molecule has 1 aromatic rings. The molecule has 0 spiro atoms. The molecule has 0 fully saturated rings. The van der Waals surface area contributed by atoms with Gasteiger partial charge in [-0.3, -0.25) is 4.79 Å². The lowest BCUT2D eigenvalue weighted by Gasteiger charge is -2.13. The minimum absolute atomic E-state index is 0.0665. The third-order valence-electron chi connectivity index (χ3n) is 3.03.